The fourth-order valence-electron chi connectivity index (χ4n) is 2.83. The molecule has 2 heterocycles. The number of fused-ring (bicyclic) bond motifs is 1. The van der Waals surface area contributed by atoms with Crippen molar-refractivity contribution in [1.82, 2.24) is 5.01 Å². The second kappa shape index (κ2) is 7.37. The summed E-state index contributed by atoms with van der Waals surface area (Å²) < 4.78 is 5.99. The SMILES string of the molecule is COc1ccc(C=C2C(=N)N3N=C(c4cccc(C)c4)SC3=NC2=O)cc1Br. The van der Waals surface area contributed by atoms with Gasteiger partial charge in [0.25, 0.3) is 5.91 Å². The molecule has 0 aliphatic carbocycles. The van der Waals surface area contributed by atoms with Gasteiger partial charge in [0, 0.05) is 5.56 Å². The van der Waals surface area contributed by atoms with Gasteiger partial charge < -0.3 is 4.74 Å². The number of carbonyl (C=O) groups excluding carboxylic acids is 1. The number of hydrogen-bond acceptors (Lipinski definition) is 5. The first-order valence-electron chi connectivity index (χ1n) is 8.37. The van der Waals surface area contributed by atoms with E-state index in [1.807, 2.05) is 43.3 Å². The highest BCUT2D eigenvalue weighted by Gasteiger charge is 2.36. The Kier molecular flexibility index (Phi) is 4.91. The molecule has 28 heavy (non-hydrogen) atoms. The van der Waals surface area contributed by atoms with Gasteiger partial charge in [-0.3, -0.25) is 10.2 Å². The predicted molar refractivity (Wildman–Crippen MR) is 116 cm³/mol. The molecule has 140 valence electrons. The van der Waals surface area contributed by atoms with Gasteiger partial charge in [0.1, 0.15) is 10.8 Å². The molecule has 2 aromatic rings. The fraction of sp³-hybridized carbons (Fsp3) is 0.100. The second-order valence-corrected chi connectivity index (χ2v) is 8.00. The molecule has 2 aliphatic rings. The van der Waals surface area contributed by atoms with Crippen LogP contribution < -0.4 is 4.74 Å². The number of nitrogens with one attached hydrogen (secondary N) is 1. The molecule has 1 N–H and O–H groups in total. The molecule has 2 aliphatic heterocycles. The second-order valence-electron chi connectivity index (χ2n) is 6.19. The summed E-state index contributed by atoms with van der Waals surface area (Å²) in [5.41, 5.74) is 3.00. The molecule has 0 atom stereocenters. The van der Waals surface area contributed by atoms with E-state index in [1.165, 1.54) is 16.8 Å². The van der Waals surface area contributed by atoms with Gasteiger partial charge in [0.2, 0.25) is 5.17 Å². The zero-order valence-electron chi connectivity index (χ0n) is 15.1. The predicted octanol–water partition coefficient (Wildman–Crippen LogP) is 4.43. The molecule has 8 heteroatoms. The Hall–Kier alpha value is -2.71. The van der Waals surface area contributed by atoms with Gasteiger partial charge in [-0.05, 0) is 64.5 Å². The number of thioether (sulfide) groups is 1. The van der Waals surface area contributed by atoms with E-state index in [9.17, 15) is 4.79 Å². The molecule has 0 bridgehead atoms. The van der Waals surface area contributed by atoms with Crippen molar-refractivity contribution in [1.29, 1.82) is 5.41 Å². The summed E-state index contributed by atoms with van der Waals surface area (Å²) >= 11 is 4.72. The number of nitrogens with zero attached hydrogens (tertiary/aromatic N) is 3. The Morgan fingerprint density at radius 1 is 1.25 bits per heavy atom. The number of aliphatic imine (C=N–C) groups is 1. The number of halogens is 1. The molecule has 4 rings (SSSR count). The van der Waals surface area contributed by atoms with Gasteiger partial charge in [-0.1, -0.05) is 29.8 Å². The van der Waals surface area contributed by atoms with E-state index in [-0.39, 0.29) is 11.4 Å². The van der Waals surface area contributed by atoms with E-state index in [1.54, 1.807) is 19.3 Å². The van der Waals surface area contributed by atoms with Gasteiger partial charge in [-0.2, -0.15) is 15.1 Å². The van der Waals surface area contributed by atoms with E-state index < -0.39 is 5.91 Å². The van der Waals surface area contributed by atoms with Gasteiger partial charge in [0.15, 0.2) is 5.84 Å². The summed E-state index contributed by atoms with van der Waals surface area (Å²) in [5.74, 6) is 0.254. The van der Waals surface area contributed by atoms with Crippen LogP contribution in [0.2, 0.25) is 0 Å². The Balaban J connectivity index is 1.68. The highest BCUT2D eigenvalue weighted by atomic mass is 79.9. The number of benzene rings is 2. The molecular formula is C20H15BrN4O2S. The van der Waals surface area contributed by atoms with Gasteiger partial charge >= 0.3 is 0 Å². The first-order chi connectivity index (χ1) is 13.5. The zero-order chi connectivity index (χ0) is 19.8. The lowest BCUT2D eigenvalue weighted by Gasteiger charge is -2.20. The van der Waals surface area contributed by atoms with Gasteiger partial charge in [0.05, 0.1) is 17.2 Å². The van der Waals surface area contributed by atoms with Crippen LogP contribution in [0.5, 0.6) is 5.75 Å². The maximum Gasteiger partial charge on any atom is 0.283 e. The average Bonchev–Trinajstić information content (AvgIpc) is 3.09. The van der Waals surface area contributed by atoms with Crippen LogP contribution in [-0.2, 0) is 4.79 Å². The summed E-state index contributed by atoms with van der Waals surface area (Å²) in [7, 11) is 1.59. The molecule has 2 aromatic carbocycles. The minimum absolute atomic E-state index is 0.0112. The summed E-state index contributed by atoms with van der Waals surface area (Å²) in [4.78, 5) is 16.7. The molecule has 0 saturated carbocycles. The number of carbonyl (C=O) groups is 1. The third-order valence-electron chi connectivity index (χ3n) is 4.21. The molecule has 1 amide bonds. The smallest absolute Gasteiger partial charge is 0.283 e. The average molecular weight is 455 g/mol. The molecule has 0 aromatic heterocycles. The molecule has 0 radical (unpaired) electrons. The van der Waals surface area contributed by atoms with Gasteiger partial charge in [-0.25, -0.2) is 0 Å². The Morgan fingerprint density at radius 2 is 2.07 bits per heavy atom. The Labute approximate surface area is 174 Å². The number of methoxy groups -OCH3 is 1. The van der Waals surface area contributed by atoms with E-state index >= 15 is 0 Å². The molecule has 0 saturated heterocycles. The van der Waals surface area contributed by atoms with Crippen LogP contribution in [0.3, 0.4) is 0 Å². The van der Waals surface area contributed by atoms with E-state index in [0.717, 1.165) is 21.2 Å². The van der Waals surface area contributed by atoms with Crippen molar-refractivity contribution in [3.63, 3.8) is 0 Å². The number of ether oxygens (including phenoxy) is 1. The van der Waals surface area contributed by atoms with Crippen molar-refractivity contribution in [3.05, 3.63) is 69.2 Å². The normalized spacial score (nSPS) is 17.5. The maximum absolute atomic E-state index is 12.5. The van der Waals surface area contributed by atoms with Crippen LogP contribution in [0.1, 0.15) is 16.7 Å². The van der Waals surface area contributed by atoms with Crippen molar-refractivity contribution < 1.29 is 9.53 Å². The fourth-order valence-corrected chi connectivity index (χ4v) is 4.27. The van der Waals surface area contributed by atoms with Crippen molar-refractivity contribution in [3.8, 4) is 5.75 Å². The third-order valence-corrected chi connectivity index (χ3v) is 5.78. The Morgan fingerprint density at radius 3 is 2.79 bits per heavy atom. The van der Waals surface area contributed by atoms with E-state index in [4.69, 9.17) is 10.1 Å². The minimum atomic E-state index is -0.448. The van der Waals surface area contributed by atoms with Gasteiger partial charge in [-0.15, -0.1) is 0 Å². The number of aryl methyl sites for hydroxylation is 1. The molecule has 0 unspecified atom stereocenters. The lowest BCUT2D eigenvalue weighted by atomic mass is 10.1. The van der Waals surface area contributed by atoms with Crippen LogP contribution in [-0.4, -0.2) is 34.1 Å². The van der Waals surface area contributed by atoms with E-state index in [2.05, 4.69) is 26.0 Å². The maximum atomic E-state index is 12.5. The lowest BCUT2D eigenvalue weighted by Crippen LogP contribution is -2.35. The standard InChI is InChI=1S/C20H15BrN4O2S/c1-11-4-3-5-13(8-11)19-24-25-17(22)14(18(26)23-20(25)28-19)9-12-6-7-16(27-2)15(21)10-12/h3-10,22H,1-2H3. The third kappa shape index (κ3) is 3.41. The zero-order valence-corrected chi connectivity index (χ0v) is 17.5. The molecular weight excluding hydrogens is 440 g/mol. The van der Waals surface area contributed by atoms with Crippen LogP contribution in [0.15, 0.2) is 62.6 Å². The molecule has 0 fully saturated rings. The van der Waals surface area contributed by atoms with Crippen LogP contribution in [0.25, 0.3) is 6.08 Å². The van der Waals surface area contributed by atoms with Crippen molar-refractivity contribution >= 4 is 55.7 Å². The van der Waals surface area contributed by atoms with Crippen LogP contribution in [0, 0.1) is 12.3 Å². The number of amides is 1. The summed E-state index contributed by atoms with van der Waals surface area (Å²) in [5, 5.41) is 15.5. The largest absolute Gasteiger partial charge is 0.496 e. The number of hydrogen-bond donors (Lipinski definition) is 1. The number of amidine groups is 2. The van der Waals surface area contributed by atoms with Crippen molar-refractivity contribution in [2.24, 2.45) is 10.1 Å². The van der Waals surface area contributed by atoms with Crippen molar-refractivity contribution in [2.75, 3.05) is 7.11 Å². The minimum Gasteiger partial charge on any atom is -0.496 e. The molecule has 6 nitrogen and oxygen atoms in total. The Bertz CT molecular complexity index is 1110. The first kappa shape index (κ1) is 18.6. The lowest BCUT2D eigenvalue weighted by molar-refractivity contribution is -0.114. The van der Waals surface area contributed by atoms with Crippen LogP contribution >= 0.6 is 27.7 Å². The summed E-state index contributed by atoms with van der Waals surface area (Å²) in [6.45, 7) is 2.01. The highest BCUT2D eigenvalue weighted by Crippen LogP contribution is 2.32. The van der Waals surface area contributed by atoms with Crippen LogP contribution in [0.4, 0.5) is 0 Å². The first-order valence-corrected chi connectivity index (χ1v) is 9.98. The topological polar surface area (TPSA) is 78.1 Å². The summed E-state index contributed by atoms with van der Waals surface area (Å²) in [6.07, 6.45) is 1.64. The number of hydrazone groups is 1. The van der Waals surface area contributed by atoms with E-state index in [0.29, 0.717) is 16.0 Å². The van der Waals surface area contributed by atoms with Crippen molar-refractivity contribution in [2.45, 2.75) is 6.92 Å². The number of rotatable bonds is 3. The quantitative estimate of drug-likeness (QED) is 0.695. The monoisotopic (exact) mass is 454 g/mol. The molecule has 0 spiro atoms. The summed E-state index contributed by atoms with van der Waals surface area (Å²) in [6, 6.07) is 13.4. The highest BCUT2D eigenvalue weighted by molar-refractivity contribution is 9.10.